The van der Waals surface area contributed by atoms with E-state index in [-0.39, 0.29) is 22.3 Å². The highest BCUT2D eigenvalue weighted by Crippen LogP contribution is 2.33. The van der Waals surface area contributed by atoms with Crippen molar-refractivity contribution in [3.63, 3.8) is 0 Å². The second-order valence-corrected chi connectivity index (χ2v) is 5.71. The third-order valence-electron chi connectivity index (χ3n) is 3.62. The molecule has 0 amide bonds. The number of benzene rings is 2. The standard InChI is InChI=1S/C19H10F7NO2/c20-17-16(12-4-2-6-15(8-12)29-19(24,25)26)9-13(10-27-17)11-3-1-5-14(7-11)28-18(21,22)23/h1-10H. The predicted molar refractivity (Wildman–Crippen MR) is 88.4 cm³/mol. The summed E-state index contributed by atoms with van der Waals surface area (Å²) in [6, 6.07) is 10.8. The van der Waals surface area contributed by atoms with Crippen molar-refractivity contribution in [2.24, 2.45) is 0 Å². The molecular formula is C19H10F7NO2. The molecule has 0 bridgehead atoms. The van der Waals surface area contributed by atoms with Crippen LogP contribution in [0, 0.1) is 5.95 Å². The van der Waals surface area contributed by atoms with Crippen molar-refractivity contribution in [2.75, 3.05) is 0 Å². The summed E-state index contributed by atoms with van der Waals surface area (Å²) in [7, 11) is 0. The highest BCUT2D eigenvalue weighted by atomic mass is 19.4. The molecule has 0 saturated heterocycles. The van der Waals surface area contributed by atoms with Crippen molar-refractivity contribution in [3.05, 3.63) is 66.7 Å². The third kappa shape index (κ3) is 5.59. The van der Waals surface area contributed by atoms with Crippen molar-refractivity contribution in [2.45, 2.75) is 12.7 Å². The fourth-order valence-corrected chi connectivity index (χ4v) is 2.54. The maximum atomic E-state index is 14.2. The highest BCUT2D eigenvalue weighted by molar-refractivity contribution is 5.73. The fourth-order valence-electron chi connectivity index (χ4n) is 2.54. The van der Waals surface area contributed by atoms with Gasteiger partial charge in [0.1, 0.15) is 11.5 Å². The first-order valence-corrected chi connectivity index (χ1v) is 7.88. The predicted octanol–water partition coefficient (Wildman–Crippen LogP) is 6.35. The zero-order chi connectivity index (χ0) is 21.2. The highest BCUT2D eigenvalue weighted by Gasteiger charge is 2.32. The summed E-state index contributed by atoms with van der Waals surface area (Å²) in [4.78, 5) is 3.55. The van der Waals surface area contributed by atoms with Crippen molar-refractivity contribution in [1.82, 2.24) is 4.98 Å². The summed E-state index contributed by atoms with van der Waals surface area (Å²) in [6.07, 6.45) is -8.72. The normalized spacial score (nSPS) is 12.0. The van der Waals surface area contributed by atoms with E-state index in [1.54, 1.807) is 0 Å². The van der Waals surface area contributed by atoms with Crippen LogP contribution in [-0.4, -0.2) is 17.7 Å². The van der Waals surface area contributed by atoms with Crippen LogP contribution in [0.5, 0.6) is 11.5 Å². The van der Waals surface area contributed by atoms with Crippen molar-refractivity contribution < 1.29 is 40.2 Å². The number of nitrogens with zero attached hydrogens (tertiary/aromatic N) is 1. The van der Waals surface area contributed by atoms with E-state index in [0.29, 0.717) is 0 Å². The molecule has 0 radical (unpaired) electrons. The molecule has 3 rings (SSSR count). The monoisotopic (exact) mass is 417 g/mol. The van der Waals surface area contributed by atoms with Gasteiger partial charge in [0.05, 0.1) is 0 Å². The molecule has 0 spiro atoms. The van der Waals surface area contributed by atoms with Gasteiger partial charge in [0.25, 0.3) is 0 Å². The van der Waals surface area contributed by atoms with E-state index in [2.05, 4.69) is 14.5 Å². The molecule has 1 heterocycles. The number of pyridine rings is 1. The Bertz CT molecular complexity index is 1020. The Morgan fingerprint density at radius 1 is 0.655 bits per heavy atom. The van der Waals surface area contributed by atoms with Gasteiger partial charge in [-0.2, -0.15) is 4.39 Å². The van der Waals surface area contributed by atoms with Crippen LogP contribution in [0.25, 0.3) is 22.3 Å². The van der Waals surface area contributed by atoms with Gasteiger partial charge in [-0.15, -0.1) is 26.3 Å². The zero-order valence-corrected chi connectivity index (χ0v) is 14.2. The molecular weight excluding hydrogens is 407 g/mol. The first kappa shape index (κ1) is 20.4. The van der Waals surface area contributed by atoms with Crippen LogP contribution in [0.3, 0.4) is 0 Å². The average molecular weight is 417 g/mol. The van der Waals surface area contributed by atoms with Crippen LogP contribution in [0.2, 0.25) is 0 Å². The van der Waals surface area contributed by atoms with Crippen LogP contribution in [-0.2, 0) is 0 Å². The Labute approximate surface area is 159 Å². The number of halogens is 7. The van der Waals surface area contributed by atoms with Gasteiger partial charge in [-0.3, -0.25) is 0 Å². The maximum Gasteiger partial charge on any atom is 0.573 e. The number of alkyl halides is 6. The molecule has 10 heteroatoms. The number of rotatable bonds is 4. The number of ether oxygens (including phenoxy) is 2. The van der Waals surface area contributed by atoms with Crippen molar-refractivity contribution in [1.29, 1.82) is 0 Å². The first-order valence-electron chi connectivity index (χ1n) is 7.88. The quantitative estimate of drug-likeness (QED) is 0.366. The fraction of sp³-hybridized carbons (Fsp3) is 0.105. The zero-order valence-electron chi connectivity index (χ0n) is 14.2. The topological polar surface area (TPSA) is 31.4 Å². The van der Waals surface area contributed by atoms with Gasteiger partial charge in [0, 0.05) is 17.3 Å². The summed E-state index contributed by atoms with van der Waals surface area (Å²) in [5, 5.41) is 0. The Kier molecular flexibility index (Phi) is 5.36. The van der Waals surface area contributed by atoms with E-state index in [1.807, 2.05) is 0 Å². The van der Waals surface area contributed by atoms with Crippen LogP contribution in [0.15, 0.2) is 60.8 Å². The van der Waals surface area contributed by atoms with Crippen LogP contribution < -0.4 is 9.47 Å². The van der Waals surface area contributed by atoms with E-state index in [9.17, 15) is 30.7 Å². The van der Waals surface area contributed by atoms with Gasteiger partial charge in [-0.1, -0.05) is 24.3 Å². The van der Waals surface area contributed by atoms with E-state index >= 15 is 0 Å². The van der Waals surface area contributed by atoms with E-state index in [4.69, 9.17) is 0 Å². The Morgan fingerprint density at radius 2 is 1.17 bits per heavy atom. The van der Waals surface area contributed by atoms with E-state index in [1.165, 1.54) is 30.3 Å². The average Bonchev–Trinajstić information content (AvgIpc) is 2.59. The summed E-state index contributed by atoms with van der Waals surface area (Å²) in [5.41, 5.74) is 0.359. The van der Waals surface area contributed by atoms with Crippen LogP contribution in [0.1, 0.15) is 0 Å². The molecule has 1 aromatic heterocycles. The molecule has 3 aromatic rings. The molecule has 2 aromatic carbocycles. The molecule has 3 nitrogen and oxygen atoms in total. The van der Waals surface area contributed by atoms with Crippen molar-refractivity contribution in [3.8, 4) is 33.8 Å². The number of aromatic nitrogens is 1. The molecule has 0 unspecified atom stereocenters. The van der Waals surface area contributed by atoms with E-state index < -0.39 is 30.2 Å². The molecule has 152 valence electrons. The van der Waals surface area contributed by atoms with Gasteiger partial charge >= 0.3 is 12.7 Å². The maximum absolute atomic E-state index is 14.2. The lowest BCUT2D eigenvalue weighted by Gasteiger charge is -2.12. The number of hydrogen-bond acceptors (Lipinski definition) is 3. The Morgan fingerprint density at radius 3 is 1.72 bits per heavy atom. The smallest absolute Gasteiger partial charge is 0.406 e. The summed E-state index contributed by atoms with van der Waals surface area (Å²) >= 11 is 0. The lowest BCUT2D eigenvalue weighted by Crippen LogP contribution is -2.17. The second kappa shape index (κ2) is 7.61. The Hall–Kier alpha value is -3.30. The van der Waals surface area contributed by atoms with Crippen LogP contribution >= 0.6 is 0 Å². The van der Waals surface area contributed by atoms with Crippen LogP contribution in [0.4, 0.5) is 30.7 Å². The molecule has 0 N–H and O–H groups in total. The SMILES string of the molecule is Fc1ncc(-c2cccc(OC(F)(F)F)c2)cc1-c1cccc(OC(F)(F)F)c1. The Balaban J connectivity index is 1.98. The lowest BCUT2D eigenvalue weighted by atomic mass is 10.0. The molecule has 0 atom stereocenters. The van der Waals surface area contributed by atoms with Gasteiger partial charge in [-0.05, 0) is 41.5 Å². The molecule has 29 heavy (non-hydrogen) atoms. The first-order chi connectivity index (χ1) is 13.5. The van der Waals surface area contributed by atoms with Gasteiger partial charge in [0.2, 0.25) is 5.95 Å². The van der Waals surface area contributed by atoms with Gasteiger partial charge in [0.15, 0.2) is 0 Å². The minimum Gasteiger partial charge on any atom is -0.406 e. The molecule has 0 fully saturated rings. The lowest BCUT2D eigenvalue weighted by molar-refractivity contribution is -0.275. The molecule has 0 saturated carbocycles. The van der Waals surface area contributed by atoms with Gasteiger partial charge < -0.3 is 9.47 Å². The summed E-state index contributed by atoms with van der Waals surface area (Å²) in [6.45, 7) is 0. The minimum atomic E-state index is -4.92. The second-order valence-electron chi connectivity index (χ2n) is 5.71. The van der Waals surface area contributed by atoms with Crippen molar-refractivity contribution >= 4 is 0 Å². The minimum absolute atomic E-state index is 0.0429. The largest absolute Gasteiger partial charge is 0.573 e. The number of hydrogen-bond donors (Lipinski definition) is 0. The molecule has 0 aliphatic rings. The molecule has 0 aliphatic heterocycles. The van der Waals surface area contributed by atoms with E-state index in [0.717, 1.165) is 30.5 Å². The molecule has 0 aliphatic carbocycles. The third-order valence-corrected chi connectivity index (χ3v) is 3.62. The van der Waals surface area contributed by atoms with Gasteiger partial charge in [-0.25, -0.2) is 4.98 Å². The summed E-state index contributed by atoms with van der Waals surface area (Å²) in [5.74, 6) is -2.01. The summed E-state index contributed by atoms with van der Waals surface area (Å²) < 4.78 is 96.2.